The largest absolute Gasteiger partial charge is 0.416 e. The molecule has 0 bridgehead atoms. The minimum absolute atomic E-state index is 0.0960. The first-order valence-electron chi connectivity index (χ1n) is 10.2. The topological polar surface area (TPSA) is 38.1 Å². The molecule has 1 aliphatic rings. The van der Waals surface area contributed by atoms with Crippen LogP contribution in [0.2, 0.25) is 5.02 Å². The molecule has 1 aliphatic heterocycles. The maximum Gasteiger partial charge on any atom is 0.416 e. The van der Waals surface area contributed by atoms with Gasteiger partial charge in [0, 0.05) is 28.3 Å². The third-order valence-electron chi connectivity index (χ3n) is 5.63. The average Bonchev–Trinajstić information content (AvgIpc) is 3.23. The van der Waals surface area contributed by atoms with E-state index in [1.165, 1.54) is 10.7 Å². The number of rotatable bonds is 2. The first-order valence-corrected chi connectivity index (χ1v) is 13.5. The molecule has 4 nitrogen and oxygen atoms in total. The number of benzene rings is 3. The number of amides is 1. The summed E-state index contributed by atoms with van der Waals surface area (Å²) in [7, 11) is 0. The van der Waals surface area contributed by atoms with Gasteiger partial charge in [0.25, 0.3) is 5.91 Å². The number of fused-ring (bicyclic) bond motifs is 3. The number of hydrogen-bond acceptors (Lipinski definition) is 3. The molecule has 0 spiro atoms. The van der Waals surface area contributed by atoms with E-state index in [1.807, 2.05) is 18.2 Å². The van der Waals surface area contributed by atoms with Crippen LogP contribution in [0.4, 0.5) is 18.9 Å². The highest BCUT2D eigenvalue weighted by atomic mass is 35.5. The van der Waals surface area contributed by atoms with Crippen LogP contribution >= 0.6 is 17.8 Å². The van der Waals surface area contributed by atoms with Gasteiger partial charge in [0.1, 0.15) is 5.82 Å². The van der Waals surface area contributed by atoms with E-state index in [0.717, 1.165) is 12.1 Å². The van der Waals surface area contributed by atoms with Crippen molar-refractivity contribution >= 4 is 46.5 Å². The average molecular weight is 518 g/mol. The number of alkyl halides is 3. The fourth-order valence-corrected chi connectivity index (χ4v) is 8.07. The quantitative estimate of drug-likeness (QED) is 0.288. The SMILES string of the molecule is O=C(c1ccc(Cl)cc1)N1c2cc(C(F)(F)F)ccc2-n2ccnc2CP1(=S)c1ccccc1. The van der Waals surface area contributed by atoms with Gasteiger partial charge >= 0.3 is 6.18 Å². The van der Waals surface area contributed by atoms with E-state index in [0.29, 0.717) is 21.8 Å². The predicted octanol–water partition coefficient (Wildman–Crippen LogP) is 6.42. The molecule has 1 atom stereocenters. The van der Waals surface area contributed by atoms with E-state index >= 15 is 0 Å². The Labute approximate surface area is 203 Å². The maximum absolute atomic E-state index is 14.0. The second-order valence-electron chi connectivity index (χ2n) is 7.73. The predicted molar refractivity (Wildman–Crippen MR) is 131 cm³/mol. The van der Waals surface area contributed by atoms with Crippen LogP contribution in [-0.4, -0.2) is 15.5 Å². The summed E-state index contributed by atoms with van der Waals surface area (Å²) >= 11 is 12.2. The number of anilines is 1. The summed E-state index contributed by atoms with van der Waals surface area (Å²) in [5, 5.41) is 1.14. The van der Waals surface area contributed by atoms with Crippen LogP contribution in [0.15, 0.2) is 85.2 Å². The van der Waals surface area contributed by atoms with E-state index in [1.54, 1.807) is 53.4 Å². The van der Waals surface area contributed by atoms with Crippen LogP contribution in [0.5, 0.6) is 0 Å². The normalized spacial score (nSPS) is 17.6. The summed E-state index contributed by atoms with van der Waals surface area (Å²) in [5.41, 5.74) is -0.0834. The molecule has 1 unspecified atom stereocenters. The van der Waals surface area contributed by atoms with Crippen LogP contribution in [-0.2, 0) is 24.1 Å². The first kappa shape index (κ1) is 22.8. The summed E-state index contributed by atoms with van der Waals surface area (Å²) in [5.74, 6) is 0.0924. The van der Waals surface area contributed by atoms with Crippen molar-refractivity contribution in [3.63, 3.8) is 0 Å². The second kappa shape index (κ2) is 8.38. The van der Waals surface area contributed by atoms with Gasteiger partial charge in [-0.3, -0.25) is 9.46 Å². The summed E-state index contributed by atoms with van der Waals surface area (Å²) < 4.78 is 44.3. The van der Waals surface area contributed by atoms with Gasteiger partial charge in [-0.1, -0.05) is 53.7 Å². The van der Waals surface area contributed by atoms with Gasteiger partial charge in [-0.15, -0.1) is 0 Å². The van der Waals surface area contributed by atoms with Crippen LogP contribution < -0.4 is 9.97 Å². The fourth-order valence-electron chi connectivity index (χ4n) is 4.02. The molecule has 0 N–H and O–H groups in total. The summed E-state index contributed by atoms with van der Waals surface area (Å²) in [6.07, 6.45) is -4.15. The molecule has 4 aromatic rings. The van der Waals surface area contributed by atoms with Crippen molar-refractivity contribution < 1.29 is 18.0 Å². The Balaban J connectivity index is 1.84. The van der Waals surface area contributed by atoms with Crippen molar-refractivity contribution in [2.24, 2.45) is 0 Å². The molecular weight excluding hydrogens is 502 g/mol. The molecule has 2 heterocycles. The lowest BCUT2D eigenvalue weighted by molar-refractivity contribution is -0.137. The smallest absolute Gasteiger partial charge is 0.301 e. The Bertz CT molecular complexity index is 1440. The number of hydrogen-bond donors (Lipinski definition) is 0. The van der Waals surface area contributed by atoms with Crippen molar-refractivity contribution in [3.8, 4) is 5.69 Å². The van der Waals surface area contributed by atoms with Crippen molar-refractivity contribution in [2.75, 3.05) is 4.67 Å². The van der Waals surface area contributed by atoms with Gasteiger partial charge in [0.2, 0.25) is 0 Å². The zero-order valence-electron chi connectivity index (χ0n) is 17.4. The van der Waals surface area contributed by atoms with E-state index < -0.39 is 23.8 Å². The number of nitrogens with zero attached hydrogens (tertiary/aromatic N) is 3. The van der Waals surface area contributed by atoms with Gasteiger partial charge in [-0.05, 0) is 42.5 Å². The Hall–Kier alpha value is -2.93. The molecule has 0 saturated carbocycles. The molecule has 1 aromatic heterocycles. The van der Waals surface area contributed by atoms with Crippen molar-refractivity contribution in [3.05, 3.63) is 107 Å². The zero-order chi connectivity index (χ0) is 24.1. The Morgan fingerprint density at radius 1 is 1.00 bits per heavy atom. The standard InChI is InChI=1S/C24H16ClF3N3OPS/c25-18-9-6-16(7-10-18)23(32)31-21-14-17(24(26,27)28)8-11-20(21)30-13-12-29-22(30)15-33(31,34)19-4-2-1-3-5-19/h1-14H,15H2. The monoisotopic (exact) mass is 517 g/mol. The third kappa shape index (κ3) is 3.86. The number of halogens is 4. The van der Waals surface area contributed by atoms with E-state index in [9.17, 15) is 18.0 Å². The van der Waals surface area contributed by atoms with Gasteiger partial charge < -0.3 is 4.57 Å². The molecular formula is C24H16ClF3N3OPS. The molecule has 0 radical (unpaired) electrons. The molecule has 5 rings (SSSR count). The summed E-state index contributed by atoms with van der Waals surface area (Å²) in [6, 6.07) is 18.7. The van der Waals surface area contributed by atoms with E-state index in [-0.39, 0.29) is 17.4 Å². The lowest BCUT2D eigenvalue weighted by Crippen LogP contribution is -2.33. The highest BCUT2D eigenvalue weighted by Crippen LogP contribution is 2.58. The van der Waals surface area contributed by atoms with Gasteiger partial charge in [0.15, 0.2) is 0 Å². The third-order valence-corrected chi connectivity index (χ3v) is 10.3. The molecule has 3 aromatic carbocycles. The number of imidazole rings is 1. The van der Waals surface area contributed by atoms with Crippen LogP contribution in [0.3, 0.4) is 0 Å². The number of carbonyl (C=O) groups excluding carboxylic acids is 1. The second-order valence-corrected chi connectivity index (χ2v) is 12.6. The van der Waals surface area contributed by atoms with E-state index in [2.05, 4.69) is 4.98 Å². The van der Waals surface area contributed by atoms with Crippen molar-refractivity contribution in [1.29, 1.82) is 0 Å². The highest BCUT2D eigenvalue weighted by Gasteiger charge is 2.41. The zero-order valence-corrected chi connectivity index (χ0v) is 19.9. The molecule has 172 valence electrons. The Morgan fingerprint density at radius 3 is 2.38 bits per heavy atom. The minimum Gasteiger partial charge on any atom is -0.301 e. The van der Waals surface area contributed by atoms with Crippen LogP contribution in [0.25, 0.3) is 5.69 Å². The lowest BCUT2D eigenvalue weighted by atomic mass is 10.1. The number of aromatic nitrogens is 2. The summed E-state index contributed by atoms with van der Waals surface area (Å²) in [4.78, 5) is 18.4. The fraction of sp³-hybridized carbons (Fsp3) is 0.0833. The van der Waals surface area contributed by atoms with Crippen molar-refractivity contribution in [1.82, 2.24) is 9.55 Å². The molecule has 0 aliphatic carbocycles. The first-order chi connectivity index (χ1) is 16.2. The highest BCUT2D eigenvalue weighted by molar-refractivity contribution is 8.19. The van der Waals surface area contributed by atoms with Crippen molar-refractivity contribution in [2.45, 2.75) is 12.3 Å². The van der Waals surface area contributed by atoms with Crippen LogP contribution in [0.1, 0.15) is 21.7 Å². The van der Waals surface area contributed by atoms with E-state index in [4.69, 9.17) is 23.4 Å². The van der Waals surface area contributed by atoms with Gasteiger partial charge in [-0.25, -0.2) is 4.98 Å². The minimum atomic E-state index is -4.59. The summed E-state index contributed by atoms with van der Waals surface area (Å²) in [6.45, 7) is 0. The Morgan fingerprint density at radius 2 is 1.71 bits per heavy atom. The maximum atomic E-state index is 14.0. The Kier molecular flexibility index (Phi) is 5.63. The molecule has 0 saturated heterocycles. The van der Waals surface area contributed by atoms with Gasteiger partial charge in [0.05, 0.1) is 29.3 Å². The van der Waals surface area contributed by atoms with Crippen LogP contribution in [0, 0.1) is 0 Å². The number of carbonyl (C=O) groups is 1. The molecule has 1 amide bonds. The molecule has 10 heteroatoms. The molecule has 0 fully saturated rings. The van der Waals surface area contributed by atoms with Gasteiger partial charge in [-0.2, -0.15) is 13.2 Å². The lowest BCUT2D eigenvalue weighted by Gasteiger charge is -2.35. The molecule has 34 heavy (non-hydrogen) atoms.